The van der Waals surface area contributed by atoms with E-state index in [1.165, 1.54) is 6.07 Å². The van der Waals surface area contributed by atoms with Crippen LogP contribution in [0.5, 0.6) is 5.75 Å². The molecule has 0 spiro atoms. The van der Waals surface area contributed by atoms with Gasteiger partial charge in [-0.15, -0.1) is 0 Å². The third kappa shape index (κ3) is 1.27. The van der Waals surface area contributed by atoms with Crippen molar-refractivity contribution >= 4 is 11.4 Å². The number of aromatic hydroxyl groups is 1. The molecule has 0 aromatic heterocycles. The highest BCUT2D eigenvalue weighted by molar-refractivity contribution is 5.71. The molecule has 0 aliphatic rings. The maximum absolute atomic E-state index is 9.32. The van der Waals surface area contributed by atoms with Crippen LogP contribution < -0.4 is 11.0 Å². The largest absolute Gasteiger partial charge is 0.504 e. The molecule has 0 amide bonds. The van der Waals surface area contributed by atoms with Crippen LogP contribution in [-0.2, 0) is 0 Å². The van der Waals surface area contributed by atoms with E-state index in [1.54, 1.807) is 18.5 Å². The fourth-order valence-corrected chi connectivity index (χ4v) is 0.923. The van der Waals surface area contributed by atoms with Gasteiger partial charge in [-0.05, 0) is 18.6 Å². The standard InChI is InChI=1S/C7H10N2O3/c1-4-2-3-5(8-11)7(10)6(4)9-12/h2-3,8-12H,1H3. The van der Waals surface area contributed by atoms with E-state index in [0.29, 0.717) is 5.56 Å². The average molecular weight is 170 g/mol. The van der Waals surface area contributed by atoms with Gasteiger partial charge in [0.05, 0.1) is 0 Å². The Hall–Kier alpha value is -1.46. The minimum absolute atomic E-state index is 0.136. The normalized spacial score (nSPS) is 9.58. The lowest BCUT2D eigenvalue weighted by atomic mass is 10.1. The zero-order valence-corrected chi connectivity index (χ0v) is 6.50. The minimum Gasteiger partial charge on any atom is -0.504 e. The molecule has 5 N–H and O–H groups in total. The maximum atomic E-state index is 9.32. The van der Waals surface area contributed by atoms with Gasteiger partial charge in [-0.2, -0.15) is 0 Å². The number of phenols is 1. The first kappa shape index (κ1) is 8.63. The highest BCUT2D eigenvalue weighted by Gasteiger charge is 2.08. The van der Waals surface area contributed by atoms with Gasteiger partial charge < -0.3 is 5.11 Å². The second-order valence-electron chi connectivity index (χ2n) is 2.38. The first-order valence-corrected chi connectivity index (χ1v) is 3.33. The Bertz CT molecular complexity index is 288. The molecule has 1 rings (SSSR count). The molecule has 0 aliphatic heterocycles. The smallest absolute Gasteiger partial charge is 0.166 e. The van der Waals surface area contributed by atoms with Gasteiger partial charge in [0.15, 0.2) is 5.75 Å². The molecule has 0 saturated heterocycles. The molecule has 66 valence electrons. The summed E-state index contributed by atoms with van der Waals surface area (Å²) in [5.41, 5.74) is 4.62. The van der Waals surface area contributed by atoms with E-state index in [4.69, 9.17) is 10.4 Å². The van der Waals surface area contributed by atoms with Gasteiger partial charge in [0.25, 0.3) is 0 Å². The van der Waals surface area contributed by atoms with Gasteiger partial charge in [0, 0.05) is 0 Å². The summed E-state index contributed by atoms with van der Waals surface area (Å²) in [6, 6.07) is 3.13. The third-order valence-electron chi connectivity index (χ3n) is 1.62. The number of hydrogen-bond acceptors (Lipinski definition) is 5. The molecule has 1 aromatic carbocycles. The Morgan fingerprint density at radius 2 is 1.83 bits per heavy atom. The molecule has 0 heterocycles. The number of benzene rings is 1. The van der Waals surface area contributed by atoms with Crippen molar-refractivity contribution in [1.82, 2.24) is 0 Å². The maximum Gasteiger partial charge on any atom is 0.166 e. The van der Waals surface area contributed by atoms with Gasteiger partial charge >= 0.3 is 0 Å². The number of phenolic OH excluding ortho intramolecular Hbond substituents is 1. The first-order valence-electron chi connectivity index (χ1n) is 3.33. The lowest BCUT2D eigenvalue weighted by Gasteiger charge is -2.09. The molecular weight excluding hydrogens is 160 g/mol. The van der Waals surface area contributed by atoms with Crippen molar-refractivity contribution in [1.29, 1.82) is 0 Å². The van der Waals surface area contributed by atoms with Crippen LogP contribution in [0.1, 0.15) is 5.56 Å². The lowest BCUT2D eigenvalue weighted by molar-refractivity contribution is 0.372. The van der Waals surface area contributed by atoms with Crippen molar-refractivity contribution in [3.8, 4) is 5.75 Å². The highest BCUT2D eigenvalue weighted by atomic mass is 16.5. The SMILES string of the molecule is Cc1ccc(NO)c(O)c1NO. The van der Waals surface area contributed by atoms with Crippen molar-refractivity contribution in [2.24, 2.45) is 0 Å². The Kier molecular flexibility index (Phi) is 2.37. The highest BCUT2D eigenvalue weighted by Crippen LogP contribution is 2.33. The van der Waals surface area contributed by atoms with Gasteiger partial charge in [-0.1, -0.05) is 6.07 Å². The van der Waals surface area contributed by atoms with Crippen molar-refractivity contribution < 1.29 is 15.5 Å². The fraction of sp³-hybridized carbons (Fsp3) is 0.143. The second kappa shape index (κ2) is 3.29. The van der Waals surface area contributed by atoms with Crippen LogP contribution in [0.3, 0.4) is 0 Å². The summed E-state index contributed by atoms with van der Waals surface area (Å²) in [5.74, 6) is -0.222. The van der Waals surface area contributed by atoms with Crippen molar-refractivity contribution in [2.75, 3.05) is 11.0 Å². The zero-order valence-electron chi connectivity index (χ0n) is 6.50. The van der Waals surface area contributed by atoms with E-state index < -0.39 is 0 Å². The zero-order chi connectivity index (χ0) is 9.14. The van der Waals surface area contributed by atoms with Crippen LogP contribution in [0.15, 0.2) is 12.1 Å². The molecule has 0 fully saturated rings. The van der Waals surface area contributed by atoms with Crippen LogP contribution in [-0.4, -0.2) is 15.5 Å². The average Bonchev–Trinajstić information content (AvgIpc) is 2.06. The van der Waals surface area contributed by atoms with E-state index in [1.807, 2.05) is 5.48 Å². The van der Waals surface area contributed by atoms with Gasteiger partial charge in [0.1, 0.15) is 11.4 Å². The lowest BCUT2D eigenvalue weighted by Crippen LogP contribution is -1.97. The molecule has 0 atom stereocenters. The van der Waals surface area contributed by atoms with Gasteiger partial charge in [0.2, 0.25) is 0 Å². The van der Waals surface area contributed by atoms with Crippen LogP contribution >= 0.6 is 0 Å². The van der Waals surface area contributed by atoms with E-state index in [9.17, 15) is 5.11 Å². The van der Waals surface area contributed by atoms with Crippen molar-refractivity contribution in [3.63, 3.8) is 0 Å². The Morgan fingerprint density at radius 3 is 2.33 bits per heavy atom. The molecular formula is C7H10N2O3. The van der Waals surface area contributed by atoms with E-state index >= 15 is 0 Å². The molecule has 0 bridgehead atoms. The minimum atomic E-state index is -0.222. The molecule has 1 aromatic rings. The second-order valence-corrected chi connectivity index (χ2v) is 2.38. The van der Waals surface area contributed by atoms with Crippen molar-refractivity contribution in [2.45, 2.75) is 6.92 Å². The summed E-state index contributed by atoms with van der Waals surface area (Å²) in [7, 11) is 0. The van der Waals surface area contributed by atoms with Gasteiger partial charge in [-0.25, -0.2) is 0 Å². The van der Waals surface area contributed by atoms with Crippen molar-refractivity contribution in [3.05, 3.63) is 17.7 Å². The van der Waals surface area contributed by atoms with Gasteiger partial charge in [-0.3, -0.25) is 21.4 Å². The summed E-state index contributed by atoms with van der Waals surface area (Å²) in [6.07, 6.45) is 0. The Morgan fingerprint density at radius 1 is 1.17 bits per heavy atom. The number of anilines is 2. The van der Waals surface area contributed by atoms with Crippen LogP contribution in [0.4, 0.5) is 11.4 Å². The molecule has 0 radical (unpaired) electrons. The predicted octanol–water partition coefficient (Wildman–Crippen LogP) is 1.30. The van der Waals surface area contributed by atoms with Crippen LogP contribution in [0, 0.1) is 6.92 Å². The molecule has 0 unspecified atom stereocenters. The van der Waals surface area contributed by atoms with E-state index in [0.717, 1.165) is 0 Å². The summed E-state index contributed by atoms with van der Waals surface area (Å²) < 4.78 is 0. The molecule has 5 nitrogen and oxygen atoms in total. The summed E-state index contributed by atoms with van der Waals surface area (Å²) in [4.78, 5) is 0. The summed E-state index contributed by atoms with van der Waals surface area (Å²) in [5, 5.41) is 26.4. The molecule has 5 heteroatoms. The first-order chi connectivity index (χ1) is 5.70. The molecule has 0 saturated carbocycles. The topological polar surface area (TPSA) is 84.8 Å². The fourth-order valence-electron chi connectivity index (χ4n) is 0.923. The summed E-state index contributed by atoms with van der Waals surface area (Å²) in [6.45, 7) is 1.71. The number of aryl methyl sites for hydroxylation is 1. The monoisotopic (exact) mass is 170 g/mol. The predicted molar refractivity (Wildman–Crippen MR) is 43.7 cm³/mol. The number of rotatable bonds is 2. The van der Waals surface area contributed by atoms with E-state index in [2.05, 4.69) is 0 Å². The van der Waals surface area contributed by atoms with E-state index in [-0.39, 0.29) is 17.1 Å². The van der Waals surface area contributed by atoms with Crippen LogP contribution in [0.2, 0.25) is 0 Å². The molecule has 12 heavy (non-hydrogen) atoms. The Balaban J connectivity index is 3.24. The van der Waals surface area contributed by atoms with Crippen LogP contribution in [0.25, 0.3) is 0 Å². The number of nitrogens with one attached hydrogen (secondary N) is 2. The quantitative estimate of drug-likeness (QED) is 0.341. The number of hydrogen-bond donors (Lipinski definition) is 5. The Labute approximate surface area is 69.2 Å². The third-order valence-corrected chi connectivity index (χ3v) is 1.62. The summed E-state index contributed by atoms with van der Waals surface area (Å²) >= 11 is 0. The molecule has 0 aliphatic carbocycles.